The number of hydroxylamine groups is 2. The fraction of sp³-hybridized carbons (Fsp3) is 0.708. The summed E-state index contributed by atoms with van der Waals surface area (Å²) in [5.74, 6) is 0. The van der Waals surface area contributed by atoms with Crippen LogP contribution in [-0.4, -0.2) is 40.8 Å². The average Bonchev–Trinajstić information content (AvgIpc) is 2.72. The molecule has 5 aliphatic rings. The van der Waals surface area contributed by atoms with Gasteiger partial charge < -0.3 is 11.1 Å². The van der Waals surface area contributed by atoms with Gasteiger partial charge in [-0.3, -0.25) is 4.84 Å². The van der Waals surface area contributed by atoms with Crippen LogP contribution in [0.1, 0.15) is 70.3 Å². The van der Waals surface area contributed by atoms with E-state index in [0.29, 0.717) is 24.2 Å². The Morgan fingerprint density at radius 1 is 1.10 bits per heavy atom. The summed E-state index contributed by atoms with van der Waals surface area (Å²) in [6.07, 6.45) is 10.4. The summed E-state index contributed by atoms with van der Waals surface area (Å²) in [6, 6.07) is 13.0. The topological polar surface area (TPSA) is 50.5 Å². The van der Waals surface area contributed by atoms with Crippen LogP contribution in [0.25, 0.3) is 0 Å². The molecule has 0 aromatic heterocycles. The molecule has 5 fully saturated rings. The van der Waals surface area contributed by atoms with E-state index in [0.717, 1.165) is 50.1 Å². The standard InChI is InChI=1S/C24H35N3OS/c1-2-28-27-20-12-23(17-6-4-3-5-7-17)13-21(27)15-24(14-20,16-23)22(29)26-19-10-8-18(25)9-11-19/h3-7,18-21H,2,8-16,25H2,1H3,(H,26,29). The Bertz CT molecular complexity index is 730. The molecule has 3 saturated carbocycles. The summed E-state index contributed by atoms with van der Waals surface area (Å²) in [7, 11) is 0. The highest BCUT2D eigenvalue weighted by Crippen LogP contribution is 2.62. The lowest BCUT2D eigenvalue weighted by Gasteiger charge is -2.65. The maximum absolute atomic E-state index is 6.16. The Hall–Kier alpha value is -1.01. The Labute approximate surface area is 180 Å². The van der Waals surface area contributed by atoms with Crippen molar-refractivity contribution in [2.45, 2.75) is 94.3 Å². The molecule has 2 saturated heterocycles. The van der Waals surface area contributed by atoms with Crippen molar-refractivity contribution in [1.29, 1.82) is 0 Å². The quantitative estimate of drug-likeness (QED) is 0.713. The van der Waals surface area contributed by atoms with Crippen molar-refractivity contribution in [3.8, 4) is 0 Å². The first-order valence-corrected chi connectivity index (χ1v) is 12.0. The van der Waals surface area contributed by atoms with Crippen LogP contribution in [0.15, 0.2) is 30.3 Å². The first-order chi connectivity index (χ1) is 14.0. The van der Waals surface area contributed by atoms with E-state index in [1.807, 2.05) is 0 Å². The van der Waals surface area contributed by atoms with Crippen LogP contribution in [0, 0.1) is 5.41 Å². The summed E-state index contributed by atoms with van der Waals surface area (Å²) in [5, 5.41) is 6.18. The van der Waals surface area contributed by atoms with Gasteiger partial charge >= 0.3 is 0 Å². The van der Waals surface area contributed by atoms with E-state index >= 15 is 0 Å². The predicted molar refractivity (Wildman–Crippen MR) is 121 cm³/mol. The van der Waals surface area contributed by atoms with Crippen LogP contribution in [0.5, 0.6) is 0 Å². The number of thiocarbonyl (C=S) groups is 1. The van der Waals surface area contributed by atoms with E-state index in [1.54, 1.807) is 0 Å². The maximum atomic E-state index is 6.16. The zero-order valence-corrected chi connectivity index (χ0v) is 18.4. The molecule has 0 amide bonds. The van der Waals surface area contributed by atoms with E-state index in [1.165, 1.54) is 24.8 Å². The highest BCUT2D eigenvalue weighted by Gasteiger charge is 2.63. The molecule has 29 heavy (non-hydrogen) atoms. The van der Waals surface area contributed by atoms with Crippen LogP contribution >= 0.6 is 12.2 Å². The first-order valence-electron chi connectivity index (χ1n) is 11.6. The molecule has 3 aliphatic carbocycles. The molecule has 1 aromatic rings. The van der Waals surface area contributed by atoms with Crippen LogP contribution in [0.4, 0.5) is 0 Å². The van der Waals surface area contributed by atoms with Gasteiger partial charge in [-0.25, -0.2) is 0 Å². The minimum absolute atomic E-state index is 0.115. The monoisotopic (exact) mass is 413 g/mol. The molecule has 0 spiro atoms. The van der Waals surface area contributed by atoms with Gasteiger partial charge in [-0.1, -0.05) is 42.5 Å². The van der Waals surface area contributed by atoms with Crippen LogP contribution in [0.2, 0.25) is 0 Å². The van der Waals surface area contributed by atoms with Crippen molar-refractivity contribution in [2.75, 3.05) is 6.61 Å². The van der Waals surface area contributed by atoms with Gasteiger partial charge in [-0.05, 0) is 75.7 Å². The smallest absolute Gasteiger partial charge is 0.0819 e. The zero-order chi connectivity index (χ0) is 20.1. The lowest BCUT2D eigenvalue weighted by atomic mass is 9.47. The van der Waals surface area contributed by atoms with Crippen molar-refractivity contribution in [3.63, 3.8) is 0 Å². The largest absolute Gasteiger partial charge is 0.376 e. The van der Waals surface area contributed by atoms with Crippen molar-refractivity contribution in [1.82, 2.24) is 10.4 Å². The molecule has 2 unspecified atom stereocenters. The SMILES string of the molecule is CCON1C2CC3(C(=S)NC4CCC(N)CC4)CC1CC(c1ccccc1)(C2)C3. The van der Waals surface area contributed by atoms with Crippen molar-refractivity contribution in [2.24, 2.45) is 11.1 Å². The van der Waals surface area contributed by atoms with Gasteiger partial charge in [0.25, 0.3) is 0 Å². The number of benzene rings is 1. The van der Waals surface area contributed by atoms with E-state index in [9.17, 15) is 0 Å². The van der Waals surface area contributed by atoms with Crippen molar-refractivity contribution >= 4 is 17.2 Å². The first kappa shape index (κ1) is 19.9. The average molecular weight is 414 g/mol. The second-order valence-electron chi connectivity index (χ2n) is 10.1. The van der Waals surface area contributed by atoms with Crippen molar-refractivity contribution < 1.29 is 4.84 Å². The Morgan fingerprint density at radius 3 is 2.38 bits per heavy atom. The summed E-state index contributed by atoms with van der Waals surface area (Å²) in [4.78, 5) is 7.27. The zero-order valence-electron chi connectivity index (χ0n) is 17.6. The van der Waals surface area contributed by atoms with Gasteiger partial charge in [-0.15, -0.1) is 0 Å². The number of nitrogens with zero attached hydrogens (tertiary/aromatic N) is 1. The fourth-order valence-electron chi connectivity index (χ4n) is 7.07. The van der Waals surface area contributed by atoms with Gasteiger partial charge in [0.15, 0.2) is 0 Å². The molecule has 1 aromatic carbocycles. The van der Waals surface area contributed by atoms with E-state index in [2.05, 4.69) is 47.6 Å². The number of nitrogens with two attached hydrogens (primary N) is 1. The minimum Gasteiger partial charge on any atom is -0.376 e. The molecule has 6 rings (SSSR count). The molecular weight excluding hydrogens is 378 g/mol. The normalized spacial score (nSPS) is 41.4. The molecule has 2 atom stereocenters. The summed E-state index contributed by atoms with van der Waals surface area (Å²) >= 11 is 6.16. The lowest BCUT2D eigenvalue weighted by Crippen LogP contribution is -2.69. The van der Waals surface area contributed by atoms with Crippen LogP contribution < -0.4 is 11.1 Å². The molecule has 2 heterocycles. The molecule has 4 nitrogen and oxygen atoms in total. The van der Waals surface area contributed by atoms with E-state index < -0.39 is 0 Å². The Kier molecular flexibility index (Phi) is 5.22. The summed E-state index contributed by atoms with van der Waals surface area (Å²) in [5.41, 5.74) is 7.97. The lowest BCUT2D eigenvalue weighted by molar-refractivity contribution is -0.276. The minimum atomic E-state index is 0.115. The second-order valence-corrected chi connectivity index (χ2v) is 10.5. The number of piperidine rings is 2. The Morgan fingerprint density at radius 2 is 1.76 bits per heavy atom. The van der Waals surface area contributed by atoms with Gasteiger partial charge in [0.05, 0.1) is 11.6 Å². The van der Waals surface area contributed by atoms with Gasteiger partial charge in [0, 0.05) is 29.6 Å². The molecule has 4 bridgehead atoms. The number of nitrogens with one attached hydrogen (secondary N) is 1. The molecule has 5 heteroatoms. The molecule has 158 valence electrons. The summed E-state index contributed by atoms with van der Waals surface area (Å²) < 4.78 is 0. The van der Waals surface area contributed by atoms with E-state index in [-0.39, 0.29) is 10.8 Å². The number of hydrogen-bond donors (Lipinski definition) is 2. The van der Waals surface area contributed by atoms with Gasteiger partial charge in [-0.2, -0.15) is 5.06 Å². The van der Waals surface area contributed by atoms with Crippen molar-refractivity contribution in [3.05, 3.63) is 35.9 Å². The predicted octanol–water partition coefficient (Wildman–Crippen LogP) is 4.08. The third-order valence-electron chi connectivity index (χ3n) is 8.16. The highest BCUT2D eigenvalue weighted by molar-refractivity contribution is 7.80. The maximum Gasteiger partial charge on any atom is 0.0819 e. The second kappa shape index (κ2) is 7.60. The number of rotatable bonds is 5. The fourth-order valence-corrected chi connectivity index (χ4v) is 7.47. The molecular formula is C24H35N3OS. The molecule has 0 radical (unpaired) electrons. The van der Waals surface area contributed by atoms with Crippen LogP contribution in [-0.2, 0) is 10.3 Å². The molecule has 2 aliphatic heterocycles. The van der Waals surface area contributed by atoms with E-state index in [4.69, 9.17) is 22.8 Å². The third kappa shape index (κ3) is 3.44. The summed E-state index contributed by atoms with van der Waals surface area (Å²) in [6.45, 7) is 2.86. The Balaban J connectivity index is 1.42. The molecule has 3 N–H and O–H groups in total. The van der Waals surface area contributed by atoms with Gasteiger partial charge in [0.2, 0.25) is 0 Å². The number of hydrogen-bond acceptors (Lipinski definition) is 4. The van der Waals surface area contributed by atoms with Crippen LogP contribution in [0.3, 0.4) is 0 Å². The van der Waals surface area contributed by atoms with Gasteiger partial charge in [0.1, 0.15) is 0 Å². The highest BCUT2D eigenvalue weighted by atomic mass is 32.1. The third-order valence-corrected chi connectivity index (χ3v) is 8.71.